The molecule has 0 aliphatic carbocycles. The van der Waals surface area contributed by atoms with Gasteiger partial charge in [0.2, 0.25) is 0 Å². The standard InChI is InChI=1S/C13H21N3/c1-3-6-13(7-4-8-16-13)11-10(2)5-9-15-12(11)14/h5,9,16H,3-4,6-8H2,1-2H3,(H2,14,15). The average Bonchev–Trinajstić information content (AvgIpc) is 2.67. The number of hydrogen-bond acceptors (Lipinski definition) is 3. The van der Waals surface area contributed by atoms with Crippen LogP contribution in [0, 0.1) is 6.92 Å². The Bertz CT molecular complexity index is 347. The quantitative estimate of drug-likeness (QED) is 0.820. The Labute approximate surface area is 97.5 Å². The Hall–Kier alpha value is -1.09. The number of aromatic nitrogens is 1. The van der Waals surface area contributed by atoms with Crippen LogP contribution in [-0.2, 0) is 5.54 Å². The molecule has 0 saturated carbocycles. The van der Waals surface area contributed by atoms with E-state index in [1.54, 1.807) is 6.20 Å². The minimum Gasteiger partial charge on any atom is -0.383 e. The Morgan fingerprint density at radius 1 is 1.56 bits per heavy atom. The van der Waals surface area contributed by atoms with Crippen molar-refractivity contribution in [2.45, 2.75) is 45.1 Å². The van der Waals surface area contributed by atoms with Gasteiger partial charge >= 0.3 is 0 Å². The van der Waals surface area contributed by atoms with Crippen LogP contribution in [0.25, 0.3) is 0 Å². The molecule has 1 aromatic rings. The van der Waals surface area contributed by atoms with Gasteiger partial charge in [-0.2, -0.15) is 0 Å². The van der Waals surface area contributed by atoms with E-state index in [4.69, 9.17) is 5.73 Å². The number of aryl methyl sites for hydroxylation is 1. The lowest BCUT2D eigenvalue weighted by atomic mass is 9.82. The number of hydrogen-bond donors (Lipinski definition) is 2. The molecule has 0 radical (unpaired) electrons. The Kier molecular flexibility index (Phi) is 3.15. The minimum absolute atomic E-state index is 0.0805. The van der Waals surface area contributed by atoms with E-state index in [1.807, 2.05) is 0 Å². The molecule has 1 aliphatic heterocycles. The predicted molar refractivity (Wildman–Crippen MR) is 67.2 cm³/mol. The molecule has 0 aromatic carbocycles. The first-order valence-electron chi connectivity index (χ1n) is 6.16. The maximum Gasteiger partial charge on any atom is 0.128 e. The summed E-state index contributed by atoms with van der Waals surface area (Å²) in [7, 11) is 0. The highest BCUT2D eigenvalue weighted by molar-refractivity contribution is 5.49. The van der Waals surface area contributed by atoms with Gasteiger partial charge in [-0.1, -0.05) is 13.3 Å². The number of nitrogens with two attached hydrogens (primary N) is 1. The first-order valence-corrected chi connectivity index (χ1v) is 6.16. The minimum atomic E-state index is 0.0805. The van der Waals surface area contributed by atoms with E-state index >= 15 is 0 Å². The smallest absolute Gasteiger partial charge is 0.128 e. The van der Waals surface area contributed by atoms with Crippen molar-refractivity contribution < 1.29 is 0 Å². The summed E-state index contributed by atoms with van der Waals surface area (Å²) in [4.78, 5) is 4.25. The summed E-state index contributed by atoms with van der Waals surface area (Å²) < 4.78 is 0. The van der Waals surface area contributed by atoms with E-state index < -0.39 is 0 Å². The van der Waals surface area contributed by atoms with Crippen molar-refractivity contribution in [1.82, 2.24) is 10.3 Å². The predicted octanol–water partition coefficient (Wildman–Crippen LogP) is 2.35. The molecule has 1 aromatic heterocycles. The molecule has 0 bridgehead atoms. The summed E-state index contributed by atoms with van der Waals surface area (Å²) in [6.07, 6.45) is 6.51. The SMILES string of the molecule is CCCC1(c2c(C)ccnc2N)CCCN1. The van der Waals surface area contributed by atoms with Gasteiger partial charge in [0.15, 0.2) is 0 Å². The van der Waals surface area contributed by atoms with Crippen molar-refractivity contribution in [2.75, 3.05) is 12.3 Å². The van der Waals surface area contributed by atoms with Gasteiger partial charge in [-0.15, -0.1) is 0 Å². The van der Waals surface area contributed by atoms with Crippen molar-refractivity contribution in [1.29, 1.82) is 0 Å². The molecule has 1 atom stereocenters. The first kappa shape index (κ1) is 11.4. The number of rotatable bonds is 3. The largest absolute Gasteiger partial charge is 0.383 e. The molecule has 1 unspecified atom stereocenters. The number of anilines is 1. The first-order chi connectivity index (χ1) is 7.69. The summed E-state index contributed by atoms with van der Waals surface area (Å²) in [6.45, 7) is 5.45. The molecule has 3 nitrogen and oxygen atoms in total. The Morgan fingerprint density at radius 2 is 2.38 bits per heavy atom. The highest BCUT2D eigenvalue weighted by Crippen LogP contribution is 2.39. The molecule has 16 heavy (non-hydrogen) atoms. The zero-order chi connectivity index (χ0) is 11.6. The second-order valence-electron chi connectivity index (χ2n) is 4.75. The summed E-state index contributed by atoms with van der Waals surface area (Å²) in [5.41, 5.74) is 8.64. The van der Waals surface area contributed by atoms with E-state index in [9.17, 15) is 0 Å². The average molecular weight is 219 g/mol. The summed E-state index contributed by atoms with van der Waals surface area (Å²) in [6, 6.07) is 2.06. The van der Waals surface area contributed by atoms with Gasteiger partial charge in [0.05, 0.1) is 0 Å². The van der Waals surface area contributed by atoms with Crippen LogP contribution >= 0.6 is 0 Å². The van der Waals surface area contributed by atoms with Gasteiger partial charge in [0, 0.05) is 17.3 Å². The third-order valence-electron chi connectivity index (χ3n) is 3.59. The van der Waals surface area contributed by atoms with Crippen LogP contribution in [0.2, 0.25) is 0 Å². The van der Waals surface area contributed by atoms with Crippen molar-refractivity contribution in [3.05, 3.63) is 23.4 Å². The molecule has 3 N–H and O–H groups in total. The van der Waals surface area contributed by atoms with E-state index in [1.165, 1.54) is 30.4 Å². The summed E-state index contributed by atoms with van der Waals surface area (Å²) in [5.74, 6) is 0.697. The van der Waals surface area contributed by atoms with Crippen molar-refractivity contribution in [3.8, 4) is 0 Å². The number of pyridine rings is 1. The van der Waals surface area contributed by atoms with E-state index in [2.05, 4.69) is 30.2 Å². The maximum absolute atomic E-state index is 6.07. The van der Waals surface area contributed by atoms with Crippen LogP contribution < -0.4 is 11.1 Å². The lowest BCUT2D eigenvalue weighted by Gasteiger charge is -2.32. The molecule has 0 amide bonds. The molecular weight excluding hydrogens is 198 g/mol. The highest BCUT2D eigenvalue weighted by Gasteiger charge is 2.37. The molecule has 2 rings (SSSR count). The molecule has 1 fully saturated rings. The molecule has 0 spiro atoms. The van der Waals surface area contributed by atoms with Crippen molar-refractivity contribution in [2.24, 2.45) is 0 Å². The van der Waals surface area contributed by atoms with E-state index in [0.717, 1.165) is 13.0 Å². The van der Waals surface area contributed by atoms with Gasteiger partial charge < -0.3 is 11.1 Å². The molecule has 3 heteroatoms. The molecule has 1 aliphatic rings. The normalized spacial score (nSPS) is 24.9. The molecular formula is C13H21N3. The maximum atomic E-state index is 6.07. The highest BCUT2D eigenvalue weighted by atomic mass is 15.0. The van der Waals surface area contributed by atoms with Crippen LogP contribution in [0.1, 0.15) is 43.7 Å². The fraction of sp³-hybridized carbons (Fsp3) is 0.615. The Morgan fingerprint density at radius 3 is 2.94 bits per heavy atom. The van der Waals surface area contributed by atoms with Gasteiger partial charge in [0.25, 0.3) is 0 Å². The lowest BCUT2D eigenvalue weighted by molar-refractivity contribution is 0.354. The number of nitrogen functional groups attached to an aromatic ring is 1. The molecule has 2 heterocycles. The van der Waals surface area contributed by atoms with Gasteiger partial charge in [-0.25, -0.2) is 4.98 Å². The number of nitrogens with one attached hydrogen (secondary N) is 1. The number of nitrogens with zero attached hydrogens (tertiary/aromatic N) is 1. The third kappa shape index (κ3) is 1.80. The third-order valence-corrected chi connectivity index (χ3v) is 3.59. The van der Waals surface area contributed by atoms with Crippen LogP contribution in [0.15, 0.2) is 12.3 Å². The Balaban J connectivity index is 2.46. The van der Waals surface area contributed by atoms with Crippen LogP contribution in [0.3, 0.4) is 0 Å². The van der Waals surface area contributed by atoms with Gasteiger partial charge in [-0.3, -0.25) is 0 Å². The second kappa shape index (κ2) is 4.42. The lowest BCUT2D eigenvalue weighted by Crippen LogP contribution is -2.38. The molecule has 1 saturated heterocycles. The van der Waals surface area contributed by atoms with Gasteiger partial charge in [0.1, 0.15) is 5.82 Å². The van der Waals surface area contributed by atoms with Crippen LogP contribution in [0.4, 0.5) is 5.82 Å². The second-order valence-corrected chi connectivity index (χ2v) is 4.75. The summed E-state index contributed by atoms with van der Waals surface area (Å²) >= 11 is 0. The zero-order valence-electron chi connectivity index (χ0n) is 10.2. The van der Waals surface area contributed by atoms with Crippen molar-refractivity contribution in [3.63, 3.8) is 0 Å². The monoisotopic (exact) mass is 219 g/mol. The van der Waals surface area contributed by atoms with E-state index in [-0.39, 0.29) is 5.54 Å². The fourth-order valence-corrected chi connectivity index (χ4v) is 2.99. The topological polar surface area (TPSA) is 50.9 Å². The van der Waals surface area contributed by atoms with E-state index in [0.29, 0.717) is 5.82 Å². The van der Waals surface area contributed by atoms with Crippen LogP contribution in [-0.4, -0.2) is 11.5 Å². The van der Waals surface area contributed by atoms with Gasteiger partial charge in [-0.05, 0) is 44.4 Å². The summed E-state index contributed by atoms with van der Waals surface area (Å²) in [5, 5.41) is 3.65. The molecule has 88 valence electrons. The van der Waals surface area contributed by atoms with Crippen molar-refractivity contribution >= 4 is 5.82 Å². The fourth-order valence-electron chi connectivity index (χ4n) is 2.99. The zero-order valence-corrected chi connectivity index (χ0v) is 10.2. The van der Waals surface area contributed by atoms with Crippen LogP contribution in [0.5, 0.6) is 0 Å².